The van der Waals surface area contributed by atoms with E-state index in [0.29, 0.717) is 24.8 Å². The number of aliphatic imine (C=N–C) groups is 1. The molecule has 1 aliphatic rings. The molecule has 0 spiro atoms. The Balaban J connectivity index is 1.84. The predicted octanol–water partition coefficient (Wildman–Crippen LogP) is 1.25. The zero-order valence-electron chi connectivity index (χ0n) is 16.0. The number of carbonyl (C=O) groups is 1. The van der Waals surface area contributed by atoms with E-state index in [2.05, 4.69) is 20.5 Å². The minimum absolute atomic E-state index is 0.0288. The van der Waals surface area contributed by atoms with Gasteiger partial charge >= 0.3 is 0 Å². The topological polar surface area (TPSA) is 75.2 Å². The summed E-state index contributed by atoms with van der Waals surface area (Å²) in [5.41, 5.74) is 1.08. The summed E-state index contributed by atoms with van der Waals surface area (Å²) in [6.45, 7) is 5.91. The number of rotatable bonds is 8. The molecule has 1 saturated heterocycles. The van der Waals surface area contributed by atoms with E-state index in [4.69, 9.17) is 9.47 Å². The van der Waals surface area contributed by atoms with Gasteiger partial charge in [-0.05, 0) is 31.0 Å². The third-order valence-electron chi connectivity index (χ3n) is 4.29. The quantitative estimate of drug-likeness (QED) is 0.538. The molecule has 1 aliphatic heterocycles. The van der Waals surface area contributed by atoms with Gasteiger partial charge in [-0.25, -0.2) is 0 Å². The van der Waals surface area contributed by atoms with Gasteiger partial charge in [0.25, 0.3) is 5.91 Å². The Labute approximate surface area is 155 Å². The fourth-order valence-corrected chi connectivity index (χ4v) is 3.05. The van der Waals surface area contributed by atoms with E-state index < -0.39 is 0 Å². The summed E-state index contributed by atoms with van der Waals surface area (Å²) >= 11 is 0. The highest BCUT2D eigenvalue weighted by atomic mass is 16.5. The van der Waals surface area contributed by atoms with Crippen molar-refractivity contribution >= 4 is 11.9 Å². The third kappa shape index (κ3) is 6.22. The number of likely N-dealkylation sites (tertiary alicyclic amines) is 1. The van der Waals surface area contributed by atoms with E-state index in [1.165, 1.54) is 0 Å². The number of ether oxygens (including phenoxy) is 2. The molecule has 144 valence electrons. The van der Waals surface area contributed by atoms with Gasteiger partial charge in [-0.1, -0.05) is 12.1 Å². The van der Waals surface area contributed by atoms with Crippen LogP contribution in [0.4, 0.5) is 0 Å². The molecule has 0 aliphatic carbocycles. The lowest BCUT2D eigenvalue weighted by Crippen LogP contribution is -2.39. The molecule has 2 rings (SSSR count). The largest absolute Gasteiger partial charge is 0.484 e. The SMILES string of the molecule is CCNC(=O)COc1cccc(CNC(=NC)N2CCC(COC)C2)c1. The maximum absolute atomic E-state index is 11.5. The monoisotopic (exact) mass is 362 g/mol. The van der Waals surface area contributed by atoms with Gasteiger partial charge in [0, 0.05) is 46.3 Å². The van der Waals surface area contributed by atoms with E-state index in [1.807, 2.05) is 31.2 Å². The van der Waals surface area contributed by atoms with Crippen LogP contribution < -0.4 is 15.4 Å². The van der Waals surface area contributed by atoms with E-state index in [1.54, 1.807) is 14.2 Å². The van der Waals surface area contributed by atoms with Crippen molar-refractivity contribution in [3.8, 4) is 5.75 Å². The molecule has 1 unspecified atom stereocenters. The van der Waals surface area contributed by atoms with Crippen LogP contribution in [-0.2, 0) is 16.1 Å². The predicted molar refractivity (Wildman–Crippen MR) is 102 cm³/mol. The fourth-order valence-electron chi connectivity index (χ4n) is 3.05. The lowest BCUT2D eigenvalue weighted by molar-refractivity contribution is -0.122. The van der Waals surface area contributed by atoms with Crippen LogP contribution in [0.2, 0.25) is 0 Å². The van der Waals surface area contributed by atoms with Crippen molar-refractivity contribution in [3.63, 3.8) is 0 Å². The van der Waals surface area contributed by atoms with Gasteiger partial charge in [-0.3, -0.25) is 9.79 Å². The maximum Gasteiger partial charge on any atom is 0.257 e. The highest BCUT2D eigenvalue weighted by Gasteiger charge is 2.24. The molecule has 1 aromatic carbocycles. The van der Waals surface area contributed by atoms with Crippen LogP contribution in [-0.4, -0.2) is 63.8 Å². The zero-order chi connectivity index (χ0) is 18.8. The number of nitrogens with zero attached hydrogens (tertiary/aromatic N) is 2. The first kappa shape index (κ1) is 20.0. The van der Waals surface area contributed by atoms with Gasteiger partial charge in [-0.2, -0.15) is 0 Å². The van der Waals surface area contributed by atoms with Crippen molar-refractivity contribution < 1.29 is 14.3 Å². The van der Waals surface area contributed by atoms with Gasteiger partial charge in [0.05, 0.1) is 6.61 Å². The molecule has 7 heteroatoms. The highest BCUT2D eigenvalue weighted by Crippen LogP contribution is 2.17. The van der Waals surface area contributed by atoms with E-state index >= 15 is 0 Å². The molecule has 0 saturated carbocycles. The number of amides is 1. The molecule has 0 aromatic heterocycles. The third-order valence-corrected chi connectivity index (χ3v) is 4.29. The molecule has 26 heavy (non-hydrogen) atoms. The second-order valence-corrected chi connectivity index (χ2v) is 6.35. The van der Waals surface area contributed by atoms with E-state index in [0.717, 1.165) is 37.6 Å². The van der Waals surface area contributed by atoms with Gasteiger partial charge in [-0.15, -0.1) is 0 Å². The number of likely N-dealkylation sites (N-methyl/N-ethyl adjacent to an activating group) is 1. The minimum atomic E-state index is -0.115. The average molecular weight is 362 g/mol. The van der Waals surface area contributed by atoms with Gasteiger partial charge in [0.2, 0.25) is 0 Å². The Morgan fingerprint density at radius 1 is 1.38 bits per heavy atom. The number of benzene rings is 1. The summed E-state index contributed by atoms with van der Waals surface area (Å²) in [6.07, 6.45) is 1.12. The standard InChI is InChI=1S/C19H30N4O3/c1-4-21-18(24)14-26-17-7-5-6-15(10-17)11-22-19(20-2)23-9-8-16(12-23)13-25-3/h5-7,10,16H,4,8-9,11-14H2,1-3H3,(H,20,22)(H,21,24). The molecule has 1 atom stereocenters. The lowest BCUT2D eigenvalue weighted by Gasteiger charge is -2.21. The van der Waals surface area contributed by atoms with E-state index in [-0.39, 0.29) is 12.5 Å². The zero-order valence-corrected chi connectivity index (χ0v) is 16.0. The van der Waals surface area contributed by atoms with Crippen LogP contribution >= 0.6 is 0 Å². The van der Waals surface area contributed by atoms with Crippen molar-refractivity contribution in [2.45, 2.75) is 19.9 Å². The van der Waals surface area contributed by atoms with Gasteiger partial charge < -0.3 is 25.0 Å². The fraction of sp³-hybridized carbons (Fsp3) is 0.579. The second kappa shape index (κ2) is 10.7. The first-order chi connectivity index (χ1) is 12.7. The van der Waals surface area contributed by atoms with Crippen LogP contribution in [0.5, 0.6) is 5.75 Å². The summed E-state index contributed by atoms with van der Waals surface area (Å²) in [5, 5.41) is 6.12. The molecular weight excluding hydrogens is 332 g/mol. The molecule has 0 radical (unpaired) electrons. The first-order valence-corrected chi connectivity index (χ1v) is 9.09. The van der Waals surface area contributed by atoms with Crippen molar-refractivity contribution in [1.82, 2.24) is 15.5 Å². The molecule has 1 heterocycles. The normalized spacial score (nSPS) is 17.3. The van der Waals surface area contributed by atoms with Crippen LogP contribution in [0.25, 0.3) is 0 Å². The van der Waals surface area contributed by atoms with Crippen LogP contribution in [0.1, 0.15) is 18.9 Å². The Morgan fingerprint density at radius 2 is 2.23 bits per heavy atom. The first-order valence-electron chi connectivity index (χ1n) is 9.09. The molecule has 1 amide bonds. The minimum Gasteiger partial charge on any atom is -0.484 e. The molecule has 7 nitrogen and oxygen atoms in total. The van der Waals surface area contributed by atoms with Gasteiger partial charge in [0.15, 0.2) is 12.6 Å². The number of guanidine groups is 1. The number of nitrogens with one attached hydrogen (secondary N) is 2. The summed E-state index contributed by atoms with van der Waals surface area (Å²) in [5.74, 6) is 2.03. The van der Waals surface area contributed by atoms with Crippen LogP contribution in [0.15, 0.2) is 29.3 Å². The van der Waals surface area contributed by atoms with E-state index in [9.17, 15) is 4.79 Å². The van der Waals surface area contributed by atoms with Crippen LogP contribution in [0, 0.1) is 5.92 Å². The second-order valence-electron chi connectivity index (χ2n) is 6.35. The van der Waals surface area contributed by atoms with Crippen molar-refractivity contribution in [2.75, 3.05) is 47.0 Å². The van der Waals surface area contributed by atoms with Crippen molar-refractivity contribution in [1.29, 1.82) is 0 Å². The van der Waals surface area contributed by atoms with Crippen LogP contribution in [0.3, 0.4) is 0 Å². The number of methoxy groups -OCH3 is 1. The van der Waals surface area contributed by atoms with Crippen molar-refractivity contribution in [2.24, 2.45) is 10.9 Å². The molecular formula is C19H30N4O3. The summed E-state index contributed by atoms with van der Waals surface area (Å²) in [4.78, 5) is 18.1. The Hall–Kier alpha value is -2.28. The summed E-state index contributed by atoms with van der Waals surface area (Å²) < 4.78 is 10.8. The molecule has 1 fully saturated rings. The maximum atomic E-state index is 11.5. The summed E-state index contributed by atoms with van der Waals surface area (Å²) in [6, 6.07) is 7.75. The Morgan fingerprint density at radius 3 is 2.96 bits per heavy atom. The smallest absolute Gasteiger partial charge is 0.257 e. The van der Waals surface area contributed by atoms with Crippen molar-refractivity contribution in [3.05, 3.63) is 29.8 Å². The average Bonchev–Trinajstić information content (AvgIpc) is 3.10. The number of hydrogen-bond donors (Lipinski definition) is 2. The molecule has 2 N–H and O–H groups in total. The Bertz CT molecular complexity index is 606. The Kier molecular flexibility index (Phi) is 8.21. The van der Waals surface area contributed by atoms with Gasteiger partial charge in [0.1, 0.15) is 5.75 Å². The molecule has 1 aromatic rings. The number of hydrogen-bond acceptors (Lipinski definition) is 4. The highest BCUT2D eigenvalue weighted by molar-refractivity contribution is 5.80. The lowest BCUT2D eigenvalue weighted by atomic mass is 10.1. The molecule has 0 bridgehead atoms. The summed E-state index contributed by atoms with van der Waals surface area (Å²) in [7, 11) is 3.55. The number of carbonyl (C=O) groups excluding carboxylic acids is 1.